The summed E-state index contributed by atoms with van der Waals surface area (Å²) in [6, 6.07) is 13.3. The highest BCUT2D eigenvalue weighted by atomic mass is 16.6. The van der Waals surface area contributed by atoms with Gasteiger partial charge in [-0.3, -0.25) is 4.79 Å². The zero-order valence-electron chi connectivity index (χ0n) is 28.0. The first kappa shape index (κ1) is 37.7. The lowest BCUT2D eigenvalue weighted by Gasteiger charge is -2.21. The molecule has 0 aliphatic rings. The van der Waals surface area contributed by atoms with Crippen molar-refractivity contribution in [3.05, 3.63) is 60.2 Å². The fourth-order valence-corrected chi connectivity index (χ4v) is 4.60. The summed E-state index contributed by atoms with van der Waals surface area (Å²) >= 11 is 0. The van der Waals surface area contributed by atoms with Crippen molar-refractivity contribution < 1.29 is 38.0 Å². The number of carbonyl (C=O) groups excluding carboxylic acids is 2. The van der Waals surface area contributed by atoms with Gasteiger partial charge in [-0.05, 0) is 74.2 Å². The number of esters is 2. The number of methoxy groups -OCH3 is 3. The molecule has 0 aliphatic carbocycles. The smallest absolute Gasteiger partial charge is 0.330 e. The lowest BCUT2D eigenvalue weighted by molar-refractivity contribution is -0.160. The molecule has 2 aromatic rings. The molecule has 0 saturated heterocycles. The second-order valence-corrected chi connectivity index (χ2v) is 11.5. The number of allylic oxidation sites excluding steroid dienone is 1. The molecule has 0 aliphatic heterocycles. The molecule has 0 fully saturated rings. The molecule has 0 aromatic heterocycles. The average Bonchev–Trinajstić information content (AvgIpc) is 3.07. The van der Waals surface area contributed by atoms with Crippen molar-refractivity contribution in [3.63, 3.8) is 0 Å². The standard InChI is InChI=1S/C37H49NO8/c1-7-35(39)46-27-37(2,3)36(40)45-22-16-14-12-10-8-9-11-13-15-21-44-32-19-17-28(24-33(32)42-5)23-30(26-38)29-18-20-31(41-4)34(25-29)43-6/h7,17-20,23-25H,1,8-16,21-22,27H2,2-6H3. The van der Waals surface area contributed by atoms with Crippen LogP contribution in [-0.4, -0.2) is 53.1 Å². The maximum atomic E-state index is 12.2. The number of nitriles is 1. The van der Waals surface area contributed by atoms with Gasteiger partial charge in [-0.15, -0.1) is 0 Å². The van der Waals surface area contributed by atoms with E-state index in [1.165, 1.54) is 12.8 Å². The van der Waals surface area contributed by atoms with Crippen molar-refractivity contribution >= 4 is 23.6 Å². The maximum Gasteiger partial charge on any atom is 0.330 e. The van der Waals surface area contributed by atoms with Crippen LogP contribution in [0.15, 0.2) is 49.1 Å². The summed E-state index contributed by atoms with van der Waals surface area (Å²) in [4.78, 5) is 23.4. The minimum Gasteiger partial charge on any atom is -0.493 e. The topological polar surface area (TPSA) is 113 Å². The van der Waals surface area contributed by atoms with Gasteiger partial charge in [-0.25, -0.2) is 4.79 Å². The first-order valence-corrected chi connectivity index (χ1v) is 15.8. The lowest BCUT2D eigenvalue weighted by atomic mass is 9.95. The molecule has 46 heavy (non-hydrogen) atoms. The number of ether oxygens (including phenoxy) is 6. The molecule has 0 unspecified atom stereocenters. The van der Waals surface area contributed by atoms with E-state index in [1.54, 1.807) is 53.4 Å². The van der Waals surface area contributed by atoms with Crippen LogP contribution in [0.3, 0.4) is 0 Å². The molecule has 0 spiro atoms. The second-order valence-electron chi connectivity index (χ2n) is 11.5. The Hall–Kier alpha value is -4.45. The Bertz CT molecular complexity index is 1340. The van der Waals surface area contributed by atoms with Crippen LogP contribution in [0.4, 0.5) is 0 Å². The molecular weight excluding hydrogens is 586 g/mol. The fraction of sp³-hybridized carbons (Fsp3) is 0.486. The summed E-state index contributed by atoms with van der Waals surface area (Å²) in [5.74, 6) is 1.54. The Morgan fingerprint density at radius 1 is 0.761 bits per heavy atom. The van der Waals surface area contributed by atoms with E-state index in [0.717, 1.165) is 62.1 Å². The summed E-state index contributed by atoms with van der Waals surface area (Å²) in [6.45, 7) is 7.69. The minimum atomic E-state index is -0.879. The zero-order valence-corrected chi connectivity index (χ0v) is 28.0. The molecule has 0 bridgehead atoms. The van der Waals surface area contributed by atoms with Crippen LogP contribution in [0.25, 0.3) is 11.6 Å². The zero-order chi connectivity index (χ0) is 33.8. The average molecular weight is 636 g/mol. The van der Waals surface area contributed by atoms with Gasteiger partial charge in [0.1, 0.15) is 6.61 Å². The molecule has 2 aromatic carbocycles. The quantitative estimate of drug-likeness (QED) is 0.0418. The van der Waals surface area contributed by atoms with Crippen LogP contribution >= 0.6 is 0 Å². The van der Waals surface area contributed by atoms with Gasteiger partial charge >= 0.3 is 11.9 Å². The van der Waals surface area contributed by atoms with E-state index >= 15 is 0 Å². The number of benzene rings is 2. The number of carbonyl (C=O) groups is 2. The van der Waals surface area contributed by atoms with Gasteiger partial charge in [0, 0.05) is 6.08 Å². The van der Waals surface area contributed by atoms with Crippen molar-refractivity contribution in [1.29, 1.82) is 5.26 Å². The van der Waals surface area contributed by atoms with E-state index in [2.05, 4.69) is 12.6 Å². The SMILES string of the molecule is C=CC(=O)OCC(C)(C)C(=O)OCCCCCCCCCCCOc1ccc(C=C(C#N)c2ccc(OC)c(OC)c2)cc1OC. The monoisotopic (exact) mass is 635 g/mol. The van der Waals surface area contributed by atoms with Gasteiger partial charge in [0.15, 0.2) is 23.0 Å². The van der Waals surface area contributed by atoms with E-state index in [0.29, 0.717) is 41.8 Å². The van der Waals surface area contributed by atoms with Crippen LogP contribution in [0, 0.1) is 16.7 Å². The third-order valence-electron chi connectivity index (χ3n) is 7.39. The molecule has 0 atom stereocenters. The van der Waals surface area contributed by atoms with Crippen molar-refractivity contribution in [1.82, 2.24) is 0 Å². The van der Waals surface area contributed by atoms with Crippen molar-refractivity contribution in [2.24, 2.45) is 5.41 Å². The normalized spacial score (nSPS) is 11.3. The van der Waals surface area contributed by atoms with E-state index in [-0.39, 0.29) is 12.6 Å². The fourth-order valence-electron chi connectivity index (χ4n) is 4.60. The first-order valence-electron chi connectivity index (χ1n) is 15.8. The van der Waals surface area contributed by atoms with Crippen molar-refractivity contribution in [2.45, 2.75) is 71.6 Å². The van der Waals surface area contributed by atoms with Crippen LogP contribution in [-0.2, 0) is 19.1 Å². The van der Waals surface area contributed by atoms with E-state index in [1.807, 2.05) is 24.3 Å². The molecule has 9 heteroatoms. The Morgan fingerprint density at radius 3 is 1.91 bits per heavy atom. The third kappa shape index (κ3) is 12.9. The van der Waals surface area contributed by atoms with Crippen LogP contribution in [0.5, 0.6) is 23.0 Å². The summed E-state index contributed by atoms with van der Waals surface area (Å²) < 4.78 is 32.6. The lowest BCUT2D eigenvalue weighted by Crippen LogP contribution is -2.32. The van der Waals surface area contributed by atoms with Gasteiger partial charge in [-0.1, -0.05) is 57.6 Å². The van der Waals surface area contributed by atoms with Crippen LogP contribution in [0.2, 0.25) is 0 Å². The summed E-state index contributed by atoms with van der Waals surface area (Å²) in [6.07, 6.45) is 12.5. The summed E-state index contributed by atoms with van der Waals surface area (Å²) in [7, 11) is 4.74. The van der Waals surface area contributed by atoms with Gasteiger partial charge in [-0.2, -0.15) is 5.26 Å². The number of hydrogen-bond acceptors (Lipinski definition) is 9. The van der Waals surface area contributed by atoms with Crippen molar-refractivity contribution in [3.8, 4) is 29.1 Å². The van der Waals surface area contributed by atoms with Gasteiger partial charge in [0.05, 0.1) is 51.6 Å². The van der Waals surface area contributed by atoms with Gasteiger partial charge in [0.2, 0.25) is 0 Å². The Morgan fingerprint density at radius 2 is 1.33 bits per heavy atom. The number of hydrogen-bond donors (Lipinski definition) is 0. The predicted octanol–water partition coefficient (Wildman–Crippen LogP) is 7.96. The first-order chi connectivity index (χ1) is 22.2. The van der Waals surface area contributed by atoms with Crippen LogP contribution < -0.4 is 18.9 Å². The predicted molar refractivity (Wildman–Crippen MR) is 179 cm³/mol. The van der Waals surface area contributed by atoms with Gasteiger partial charge in [0.25, 0.3) is 0 Å². The number of rotatable bonds is 22. The van der Waals surface area contributed by atoms with E-state index < -0.39 is 11.4 Å². The summed E-state index contributed by atoms with van der Waals surface area (Å²) in [5, 5.41) is 9.79. The highest BCUT2D eigenvalue weighted by molar-refractivity contribution is 5.90. The molecule has 0 N–H and O–H groups in total. The molecule has 2 rings (SSSR count). The minimum absolute atomic E-state index is 0.0314. The molecule has 0 saturated carbocycles. The van der Waals surface area contributed by atoms with Crippen LogP contribution in [0.1, 0.15) is 82.8 Å². The summed E-state index contributed by atoms with van der Waals surface area (Å²) in [5.41, 5.74) is 1.16. The Kier molecular flexibility index (Phi) is 16.9. The number of nitrogens with zero attached hydrogens (tertiary/aromatic N) is 1. The molecule has 250 valence electrons. The number of unbranched alkanes of at least 4 members (excludes halogenated alkanes) is 8. The largest absolute Gasteiger partial charge is 0.493 e. The highest BCUT2D eigenvalue weighted by Crippen LogP contribution is 2.33. The molecule has 0 amide bonds. The Labute approximate surface area is 274 Å². The molecular formula is C37H49NO8. The van der Waals surface area contributed by atoms with Gasteiger partial charge < -0.3 is 28.4 Å². The molecule has 0 heterocycles. The van der Waals surface area contributed by atoms with Crippen molar-refractivity contribution in [2.75, 3.05) is 41.2 Å². The van der Waals surface area contributed by atoms with E-state index in [9.17, 15) is 14.9 Å². The maximum absolute atomic E-state index is 12.2. The third-order valence-corrected chi connectivity index (χ3v) is 7.39. The molecule has 9 nitrogen and oxygen atoms in total. The highest BCUT2D eigenvalue weighted by Gasteiger charge is 2.31. The molecule has 0 radical (unpaired) electrons. The Balaban J connectivity index is 1.63. The van der Waals surface area contributed by atoms with E-state index in [4.69, 9.17) is 28.4 Å². The second kappa shape index (κ2) is 20.6.